The molecular weight excluding hydrogens is 274 g/mol. The van der Waals surface area contributed by atoms with E-state index in [1.807, 2.05) is 0 Å². The zero-order valence-electron chi connectivity index (χ0n) is 10.8. The molecule has 20 heavy (non-hydrogen) atoms. The van der Waals surface area contributed by atoms with Crippen LogP contribution in [0.2, 0.25) is 0 Å². The fraction of sp³-hybridized carbons (Fsp3) is 0.900. The molecule has 1 fully saturated rings. The lowest BCUT2D eigenvalue weighted by Gasteiger charge is -2.41. The molecular formula is C10H17N3O7. The minimum Gasteiger partial charge on any atom is -0.454 e. The van der Waals surface area contributed by atoms with Gasteiger partial charge in [0.25, 0.3) is 0 Å². The third-order valence-corrected chi connectivity index (χ3v) is 2.66. The molecule has 1 heterocycles. The average molecular weight is 291 g/mol. The lowest BCUT2D eigenvalue weighted by atomic mass is 9.99. The number of aliphatic hydroxyl groups is 3. The Morgan fingerprint density at radius 2 is 2.15 bits per heavy atom. The Hall–Kier alpha value is -1.42. The summed E-state index contributed by atoms with van der Waals surface area (Å²) in [6.45, 7) is 0.578. The molecule has 1 saturated heterocycles. The van der Waals surface area contributed by atoms with Crippen molar-refractivity contribution in [3.05, 3.63) is 10.4 Å². The number of azide groups is 1. The molecule has 0 radical (unpaired) electrons. The molecule has 0 aromatic rings. The normalized spacial score (nSPS) is 33.3. The summed E-state index contributed by atoms with van der Waals surface area (Å²) in [6, 6.07) is 0. The Labute approximate surface area is 114 Å². The van der Waals surface area contributed by atoms with Gasteiger partial charge in [0.15, 0.2) is 12.4 Å². The van der Waals surface area contributed by atoms with E-state index in [9.17, 15) is 15.0 Å². The number of hydrogen-bond acceptors (Lipinski definition) is 8. The van der Waals surface area contributed by atoms with Crippen LogP contribution < -0.4 is 0 Å². The van der Waals surface area contributed by atoms with Gasteiger partial charge >= 0.3 is 5.97 Å². The van der Waals surface area contributed by atoms with E-state index in [0.29, 0.717) is 0 Å². The van der Waals surface area contributed by atoms with Gasteiger partial charge in [-0.2, -0.15) is 0 Å². The highest BCUT2D eigenvalue weighted by atomic mass is 16.7. The average Bonchev–Trinajstić information content (AvgIpc) is 2.41. The first-order valence-corrected chi connectivity index (χ1v) is 5.93. The molecule has 10 nitrogen and oxygen atoms in total. The molecule has 0 aromatic carbocycles. The summed E-state index contributed by atoms with van der Waals surface area (Å²) in [5.41, 5.74) is 8.13. The summed E-state index contributed by atoms with van der Waals surface area (Å²) in [7, 11) is 0. The smallest absolute Gasteiger partial charge is 0.303 e. The molecule has 114 valence electrons. The summed E-state index contributed by atoms with van der Waals surface area (Å²) < 4.78 is 15.3. The third-order valence-electron chi connectivity index (χ3n) is 2.66. The van der Waals surface area contributed by atoms with Crippen molar-refractivity contribution in [2.75, 3.05) is 19.8 Å². The largest absolute Gasteiger partial charge is 0.454 e. The Kier molecular flexibility index (Phi) is 6.65. The number of aliphatic hydroxyl groups excluding tert-OH is 3. The van der Waals surface area contributed by atoms with Crippen molar-refractivity contribution >= 4 is 5.97 Å². The first kappa shape index (κ1) is 16.6. The van der Waals surface area contributed by atoms with Crippen LogP contribution in [0, 0.1) is 0 Å². The molecule has 0 aromatic heterocycles. The predicted molar refractivity (Wildman–Crippen MR) is 63.3 cm³/mol. The maximum atomic E-state index is 11.0. The standard InChI is InChI=1S/C10H17N3O7/c1-5(15)19-9-8(17)7(16)6(4-14)20-10(9)18-3-2-12-13-11/h6-10,14,16-17H,2-4H2,1H3/t6?,7-,8?,9+,10-/m1/s1. The summed E-state index contributed by atoms with van der Waals surface area (Å²) in [4.78, 5) is 13.5. The second kappa shape index (κ2) is 8.00. The van der Waals surface area contributed by atoms with Crippen molar-refractivity contribution in [3.8, 4) is 0 Å². The van der Waals surface area contributed by atoms with Gasteiger partial charge in [-0.25, -0.2) is 0 Å². The van der Waals surface area contributed by atoms with E-state index in [-0.39, 0.29) is 13.2 Å². The molecule has 3 N–H and O–H groups in total. The van der Waals surface area contributed by atoms with Gasteiger partial charge in [-0.05, 0) is 5.53 Å². The van der Waals surface area contributed by atoms with E-state index >= 15 is 0 Å². The van der Waals surface area contributed by atoms with Crippen molar-refractivity contribution in [1.29, 1.82) is 0 Å². The summed E-state index contributed by atoms with van der Waals surface area (Å²) in [5.74, 6) is -0.684. The molecule has 0 aliphatic carbocycles. The zero-order valence-corrected chi connectivity index (χ0v) is 10.8. The lowest BCUT2D eigenvalue weighted by Crippen LogP contribution is -2.60. The molecule has 2 unspecified atom stereocenters. The van der Waals surface area contributed by atoms with Crippen LogP contribution in [0.5, 0.6) is 0 Å². The van der Waals surface area contributed by atoms with Gasteiger partial charge in [0.05, 0.1) is 13.2 Å². The Morgan fingerprint density at radius 1 is 1.45 bits per heavy atom. The summed E-state index contributed by atoms with van der Waals surface area (Å²) >= 11 is 0. The van der Waals surface area contributed by atoms with Crippen LogP contribution in [-0.4, -0.2) is 71.8 Å². The van der Waals surface area contributed by atoms with Gasteiger partial charge < -0.3 is 29.5 Å². The van der Waals surface area contributed by atoms with E-state index in [1.54, 1.807) is 0 Å². The fourth-order valence-electron chi connectivity index (χ4n) is 1.76. The first-order valence-electron chi connectivity index (χ1n) is 5.93. The monoisotopic (exact) mass is 291 g/mol. The maximum absolute atomic E-state index is 11.0. The molecule has 0 spiro atoms. The van der Waals surface area contributed by atoms with E-state index in [2.05, 4.69) is 10.0 Å². The van der Waals surface area contributed by atoms with Crippen LogP contribution in [0.25, 0.3) is 10.4 Å². The molecule has 0 saturated carbocycles. The minimum absolute atomic E-state index is 0.0194. The number of ether oxygens (including phenoxy) is 3. The highest BCUT2D eigenvalue weighted by molar-refractivity contribution is 5.66. The van der Waals surface area contributed by atoms with Crippen LogP contribution in [0.1, 0.15) is 6.92 Å². The van der Waals surface area contributed by atoms with Gasteiger partial charge in [-0.3, -0.25) is 4.79 Å². The quantitative estimate of drug-likeness (QED) is 0.180. The Bertz CT molecular complexity index is 374. The lowest BCUT2D eigenvalue weighted by molar-refractivity contribution is -0.303. The molecule has 10 heteroatoms. The molecule has 1 rings (SSSR count). The van der Waals surface area contributed by atoms with E-state index in [1.165, 1.54) is 0 Å². The van der Waals surface area contributed by atoms with Crippen LogP contribution in [0.15, 0.2) is 5.11 Å². The fourth-order valence-corrected chi connectivity index (χ4v) is 1.76. The second-order valence-corrected chi connectivity index (χ2v) is 4.11. The third kappa shape index (κ3) is 4.30. The van der Waals surface area contributed by atoms with Gasteiger partial charge in [0.2, 0.25) is 0 Å². The summed E-state index contributed by atoms with van der Waals surface area (Å²) in [5, 5.41) is 31.9. The second-order valence-electron chi connectivity index (χ2n) is 4.11. The van der Waals surface area contributed by atoms with Crippen LogP contribution >= 0.6 is 0 Å². The van der Waals surface area contributed by atoms with Crippen molar-refractivity contribution in [2.45, 2.75) is 37.6 Å². The van der Waals surface area contributed by atoms with Crippen molar-refractivity contribution in [2.24, 2.45) is 5.11 Å². The van der Waals surface area contributed by atoms with Crippen LogP contribution in [0.4, 0.5) is 0 Å². The van der Waals surface area contributed by atoms with Gasteiger partial charge in [0, 0.05) is 18.4 Å². The van der Waals surface area contributed by atoms with Crippen molar-refractivity contribution in [1.82, 2.24) is 0 Å². The topological polar surface area (TPSA) is 154 Å². The number of nitrogens with zero attached hydrogens (tertiary/aromatic N) is 3. The minimum atomic E-state index is -1.46. The SMILES string of the molecule is CC(=O)O[C@H]1C(O)[C@H](O)C(CO)O[C@H]1OCCN=[N+]=[N-]. The van der Waals surface area contributed by atoms with Crippen molar-refractivity contribution < 1.29 is 34.3 Å². The van der Waals surface area contributed by atoms with E-state index in [4.69, 9.17) is 24.8 Å². The number of hydrogen-bond donors (Lipinski definition) is 3. The Balaban J connectivity index is 2.72. The van der Waals surface area contributed by atoms with E-state index in [0.717, 1.165) is 6.92 Å². The number of carbonyl (C=O) groups is 1. The van der Waals surface area contributed by atoms with Crippen molar-refractivity contribution in [3.63, 3.8) is 0 Å². The number of rotatable bonds is 6. The summed E-state index contributed by atoms with van der Waals surface area (Å²) in [6.07, 6.45) is -6.36. The molecule has 0 amide bonds. The van der Waals surface area contributed by atoms with Crippen LogP contribution in [-0.2, 0) is 19.0 Å². The van der Waals surface area contributed by atoms with Crippen LogP contribution in [0.3, 0.4) is 0 Å². The van der Waals surface area contributed by atoms with Gasteiger partial charge in [-0.1, -0.05) is 5.11 Å². The van der Waals surface area contributed by atoms with Gasteiger partial charge in [0.1, 0.15) is 18.3 Å². The zero-order chi connectivity index (χ0) is 15.1. The molecule has 1 aliphatic rings. The molecule has 0 bridgehead atoms. The van der Waals surface area contributed by atoms with E-state index < -0.39 is 43.3 Å². The molecule has 1 aliphatic heterocycles. The van der Waals surface area contributed by atoms with Gasteiger partial charge in [-0.15, -0.1) is 0 Å². The first-order chi connectivity index (χ1) is 9.51. The number of esters is 1. The maximum Gasteiger partial charge on any atom is 0.303 e. The highest BCUT2D eigenvalue weighted by Gasteiger charge is 2.46. The number of carbonyl (C=O) groups excluding carboxylic acids is 1. The predicted octanol–water partition coefficient (Wildman–Crippen LogP) is -1.32. The highest BCUT2D eigenvalue weighted by Crippen LogP contribution is 2.24. The Morgan fingerprint density at radius 3 is 2.70 bits per heavy atom. The molecule has 5 atom stereocenters.